The molecule has 1 aromatic heterocycles. The van der Waals surface area contributed by atoms with Gasteiger partial charge >= 0.3 is 0 Å². The van der Waals surface area contributed by atoms with Gasteiger partial charge in [0.25, 0.3) is 0 Å². The van der Waals surface area contributed by atoms with E-state index in [-0.39, 0.29) is 0 Å². The normalized spacial score (nSPS) is 11.2. The Bertz CT molecular complexity index is 1380. The van der Waals surface area contributed by atoms with Crippen LogP contribution in [0.4, 0.5) is 0 Å². The van der Waals surface area contributed by atoms with Crippen LogP contribution in [0.3, 0.4) is 0 Å². The maximum atomic E-state index is 4.92. The van der Waals surface area contributed by atoms with E-state index < -0.39 is 0 Å². The minimum Gasteiger partial charge on any atom is -0.326 e. The van der Waals surface area contributed by atoms with Crippen LogP contribution >= 0.6 is 0 Å². The zero-order chi connectivity index (χ0) is 21.3. The van der Waals surface area contributed by atoms with Gasteiger partial charge in [-0.25, -0.2) is 4.98 Å². The second-order valence-corrected chi connectivity index (χ2v) is 8.19. The molecule has 152 valence electrons. The molecule has 0 saturated heterocycles. The summed E-state index contributed by atoms with van der Waals surface area (Å²) in [7, 11) is 0. The molecule has 0 amide bonds. The summed E-state index contributed by atoms with van der Waals surface area (Å²) in [6, 6.07) is 40.8. The molecular formula is C30H22N2. The van der Waals surface area contributed by atoms with Crippen molar-refractivity contribution < 1.29 is 0 Å². The molecule has 0 bridgehead atoms. The third-order valence-corrected chi connectivity index (χ3v) is 6.04. The lowest BCUT2D eigenvalue weighted by atomic mass is 10.1. The van der Waals surface area contributed by atoms with E-state index in [1.54, 1.807) is 0 Å². The van der Waals surface area contributed by atoms with Crippen molar-refractivity contribution in [3.8, 4) is 44.8 Å². The van der Waals surface area contributed by atoms with E-state index in [9.17, 15) is 0 Å². The highest BCUT2D eigenvalue weighted by Crippen LogP contribution is 2.40. The summed E-state index contributed by atoms with van der Waals surface area (Å²) in [5.41, 5.74) is 10.7. The Kier molecular flexibility index (Phi) is 4.54. The summed E-state index contributed by atoms with van der Waals surface area (Å²) < 4.78 is 2.27. The second kappa shape index (κ2) is 7.82. The van der Waals surface area contributed by atoms with Gasteiger partial charge in [0.1, 0.15) is 0 Å². The van der Waals surface area contributed by atoms with Crippen molar-refractivity contribution >= 4 is 0 Å². The fourth-order valence-electron chi connectivity index (χ4n) is 4.50. The van der Waals surface area contributed by atoms with E-state index >= 15 is 0 Å². The number of imidazole rings is 1. The van der Waals surface area contributed by atoms with Gasteiger partial charge in [-0.1, -0.05) is 91.0 Å². The van der Waals surface area contributed by atoms with Gasteiger partial charge in [-0.05, 0) is 52.1 Å². The van der Waals surface area contributed by atoms with Gasteiger partial charge in [-0.2, -0.15) is 0 Å². The van der Waals surface area contributed by atoms with Gasteiger partial charge in [0, 0.05) is 17.7 Å². The van der Waals surface area contributed by atoms with E-state index in [0.29, 0.717) is 0 Å². The predicted octanol–water partition coefficient (Wildman–Crippen LogP) is 7.48. The van der Waals surface area contributed by atoms with Crippen LogP contribution in [0.5, 0.6) is 0 Å². The van der Waals surface area contributed by atoms with Crippen molar-refractivity contribution in [1.82, 2.24) is 9.55 Å². The highest BCUT2D eigenvalue weighted by atomic mass is 15.1. The van der Waals surface area contributed by atoms with Crippen LogP contribution in [0.15, 0.2) is 122 Å². The van der Waals surface area contributed by atoms with E-state index in [2.05, 4.69) is 120 Å². The molecule has 0 aliphatic heterocycles. The lowest BCUT2D eigenvalue weighted by molar-refractivity contribution is 0.805. The minimum absolute atomic E-state index is 0.785. The Morgan fingerprint density at radius 2 is 0.969 bits per heavy atom. The summed E-state index contributed by atoms with van der Waals surface area (Å²) >= 11 is 0. The maximum absolute atomic E-state index is 4.92. The number of rotatable bonds is 4. The molecule has 0 N–H and O–H groups in total. The molecule has 0 fully saturated rings. The van der Waals surface area contributed by atoms with Gasteiger partial charge in [0.2, 0.25) is 0 Å². The number of benzene rings is 1. The van der Waals surface area contributed by atoms with Crippen LogP contribution < -0.4 is 0 Å². The van der Waals surface area contributed by atoms with Gasteiger partial charge in [0.05, 0.1) is 17.7 Å². The van der Waals surface area contributed by atoms with Crippen molar-refractivity contribution in [2.24, 2.45) is 0 Å². The average Bonchev–Trinajstić information content (AvgIpc) is 3.43. The lowest BCUT2D eigenvalue weighted by Gasteiger charge is -2.09. The number of hydrogen-bond acceptors (Lipinski definition) is 1. The van der Waals surface area contributed by atoms with Crippen molar-refractivity contribution in [2.45, 2.75) is 6.54 Å². The van der Waals surface area contributed by atoms with Crippen LogP contribution in [-0.2, 0) is 6.54 Å². The molecule has 0 atom stereocenters. The Hall–Kier alpha value is -4.17. The zero-order valence-corrected chi connectivity index (χ0v) is 17.6. The summed E-state index contributed by atoms with van der Waals surface area (Å²) in [5, 5.41) is 0. The van der Waals surface area contributed by atoms with E-state index in [0.717, 1.165) is 23.5 Å². The molecule has 6 rings (SSSR count). The van der Waals surface area contributed by atoms with E-state index in [1.807, 2.05) is 6.33 Å². The Labute approximate surface area is 188 Å². The van der Waals surface area contributed by atoms with Crippen LogP contribution in [0.1, 0.15) is 5.56 Å². The number of nitrogens with zero attached hydrogens (tertiary/aromatic N) is 2. The third kappa shape index (κ3) is 3.36. The topological polar surface area (TPSA) is 17.8 Å². The monoisotopic (exact) mass is 410 g/mol. The zero-order valence-electron chi connectivity index (χ0n) is 17.6. The summed E-state index contributed by atoms with van der Waals surface area (Å²) in [6.45, 7) is 0.785. The van der Waals surface area contributed by atoms with Gasteiger partial charge in [-0.15, -0.1) is 0 Å². The van der Waals surface area contributed by atoms with Crippen molar-refractivity contribution in [1.29, 1.82) is 0 Å². The SMILES string of the molecule is c1ccc(Cn2cnc(-c3cc4cccccc-4c3)c2-c2cc3cccccc-3c2)cc1. The summed E-state index contributed by atoms with van der Waals surface area (Å²) in [6.07, 6.45) is 1.98. The fourth-order valence-corrected chi connectivity index (χ4v) is 4.50. The van der Waals surface area contributed by atoms with Crippen LogP contribution in [0.25, 0.3) is 44.8 Å². The highest BCUT2D eigenvalue weighted by molar-refractivity contribution is 5.88. The molecule has 0 unspecified atom stereocenters. The molecule has 0 spiro atoms. The van der Waals surface area contributed by atoms with Crippen LogP contribution in [0.2, 0.25) is 0 Å². The van der Waals surface area contributed by atoms with Crippen molar-refractivity contribution in [3.05, 3.63) is 127 Å². The number of fused-ring (bicyclic) bond motifs is 2. The fraction of sp³-hybridized carbons (Fsp3) is 0.0333. The standard InChI is InChI=1S/C30H22N2/c1-4-10-22(11-5-1)20-32-21-31-29(27-16-23-12-6-2-7-13-24(23)17-27)30(32)28-18-25-14-8-3-9-15-26(25)19-28/h1-19,21H,20H2. The van der Waals surface area contributed by atoms with E-state index in [4.69, 9.17) is 4.98 Å². The van der Waals surface area contributed by atoms with Gasteiger partial charge < -0.3 is 4.57 Å². The van der Waals surface area contributed by atoms with Crippen LogP contribution in [-0.4, -0.2) is 9.55 Å². The molecular weight excluding hydrogens is 388 g/mol. The minimum atomic E-state index is 0.785. The number of hydrogen-bond donors (Lipinski definition) is 0. The van der Waals surface area contributed by atoms with E-state index in [1.165, 1.54) is 33.4 Å². The second-order valence-electron chi connectivity index (χ2n) is 8.19. The first-order chi connectivity index (χ1) is 15.8. The first-order valence-electron chi connectivity index (χ1n) is 10.9. The van der Waals surface area contributed by atoms with Crippen LogP contribution in [0, 0.1) is 0 Å². The molecule has 1 aromatic carbocycles. The molecule has 0 radical (unpaired) electrons. The first-order valence-corrected chi connectivity index (χ1v) is 10.9. The molecule has 4 aliphatic rings. The highest BCUT2D eigenvalue weighted by Gasteiger charge is 2.20. The first kappa shape index (κ1) is 18.6. The molecule has 1 heterocycles. The molecule has 2 nitrogen and oxygen atoms in total. The Balaban J connectivity index is 1.55. The molecule has 32 heavy (non-hydrogen) atoms. The summed E-state index contributed by atoms with van der Waals surface area (Å²) in [4.78, 5) is 4.92. The molecule has 2 aromatic rings. The molecule has 4 aliphatic carbocycles. The predicted molar refractivity (Wildman–Crippen MR) is 132 cm³/mol. The van der Waals surface area contributed by atoms with Crippen molar-refractivity contribution in [3.63, 3.8) is 0 Å². The Morgan fingerprint density at radius 1 is 0.500 bits per heavy atom. The smallest absolute Gasteiger partial charge is 0.0963 e. The summed E-state index contributed by atoms with van der Waals surface area (Å²) in [5.74, 6) is 0. The largest absolute Gasteiger partial charge is 0.326 e. The molecule has 2 heteroatoms. The van der Waals surface area contributed by atoms with Crippen molar-refractivity contribution in [2.75, 3.05) is 0 Å². The molecule has 0 saturated carbocycles. The lowest BCUT2D eigenvalue weighted by Crippen LogP contribution is -2.00. The third-order valence-electron chi connectivity index (χ3n) is 6.04. The average molecular weight is 411 g/mol. The van der Waals surface area contributed by atoms with Gasteiger partial charge in [0.15, 0.2) is 0 Å². The van der Waals surface area contributed by atoms with Gasteiger partial charge in [-0.3, -0.25) is 0 Å². The Morgan fingerprint density at radius 3 is 1.50 bits per heavy atom. The maximum Gasteiger partial charge on any atom is 0.0963 e. The number of aromatic nitrogens is 2. The quantitative estimate of drug-likeness (QED) is 0.295.